The fourth-order valence-corrected chi connectivity index (χ4v) is 1.78. The van der Waals surface area contributed by atoms with Gasteiger partial charge in [0.15, 0.2) is 0 Å². The Kier molecular flexibility index (Phi) is 4.52. The first-order chi connectivity index (χ1) is 9.56. The molecule has 2 aromatic heterocycles. The van der Waals surface area contributed by atoms with Gasteiger partial charge in [-0.1, -0.05) is 11.6 Å². The lowest BCUT2D eigenvalue weighted by Gasteiger charge is -2.19. The molecular weight excluding hydrogens is 280 g/mol. The zero-order valence-corrected chi connectivity index (χ0v) is 11.9. The summed E-state index contributed by atoms with van der Waals surface area (Å²) in [4.78, 5) is 21.8. The van der Waals surface area contributed by atoms with Gasteiger partial charge in [0.05, 0.1) is 17.6 Å². The standard InChI is InChI=1S/C12H15ClN6O/c1-8(12-15-7-16-18-12)17-11(20)6-19(2)10-4-3-9(13)5-14-10/h3-5,7-8H,6H2,1-2H3,(H,17,20)(H,15,16,18). The summed E-state index contributed by atoms with van der Waals surface area (Å²) < 4.78 is 0. The number of anilines is 1. The molecule has 0 aromatic carbocycles. The van der Waals surface area contributed by atoms with E-state index in [0.29, 0.717) is 16.7 Å². The van der Waals surface area contributed by atoms with Gasteiger partial charge in [0, 0.05) is 13.2 Å². The number of nitrogens with one attached hydrogen (secondary N) is 2. The van der Waals surface area contributed by atoms with Gasteiger partial charge in [-0.15, -0.1) is 0 Å². The number of hydrogen-bond donors (Lipinski definition) is 2. The molecule has 1 amide bonds. The molecule has 0 aliphatic heterocycles. The van der Waals surface area contributed by atoms with Gasteiger partial charge in [0.25, 0.3) is 0 Å². The summed E-state index contributed by atoms with van der Waals surface area (Å²) in [6, 6.07) is 3.27. The number of H-pyrrole nitrogens is 1. The Morgan fingerprint density at radius 2 is 2.30 bits per heavy atom. The van der Waals surface area contributed by atoms with Crippen LogP contribution in [0.1, 0.15) is 18.8 Å². The lowest BCUT2D eigenvalue weighted by molar-refractivity contribution is -0.120. The van der Waals surface area contributed by atoms with E-state index in [9.17, 15) is 4.79 Å². The van der Waals surface area contributed by atoms with Crippen molar-refractivity contribution in [2.45, 2.75) is 13.0 Å². The number of carbonyl (C=O) groups is 1. The fourth-order valence-electron chi connectivity index (χ4n) is 1.67. The second kappa shape index (κ2) is 6.33. The number of aromatic amines is 1. The quantitative estimate of drug-likeness (QED) is 0.864. The number of rotatable bonds is 5. The molecule has 0 aliphatic rings. The number of carbonyl (C=O) groups excluding carboxylic acids is 1. The van der Waals surface area contributed by atoms with E-state index in [2.05, 4.69) is 25.5 Å². The predicted molar refractivity (Wildman–Crippen MR) is 75.5 cm³/mol. The van der Waals surface area contributed by atoms with Crippen molar-refractivity contribution >= 4 is 23.3 Å². The minimum Gasteiger partial charge on any atom is -0.350 e. The highest BCUT2D eigenvalue weighted by molar-refractivity contribution is 6.30. The monoisotopic (exact) mass is 294 g/mol. The lowest BCUT2D eigenvalue weighted by atomic mass is 10.3. The van der Waals surface area contributed by atoms with Gasteiger partial charge in [0.1, 0.15) is 18.0 Å². The van der Waals surface area contributed by atoms with Crippen molar-refractivity contribution in [3.8, 4) is 0 Å². The van der Waals surface area contributed by atoms with Crippen LogP contribution in [0.25, 0.3) is 0 Å². The van der Waals surface area contributed by atoms with Crippen LogP contribution in [0.3, 0.4) is 0 Å². The van der Waals surface area contributed by atoms with Gasteiger partial charge in [-0.3, -0.25) is 9.89 Å². The van der Waals surface area contributed by atoms with Crippen LogP contribution in [0.5, 0.6) is 0 Å². The first-order valence-electron chi connectivity index (χ1n) is 6.03. The molecule has 0 aliphatic carbocycles. The smallest absolute Gasteiger partial charge is 0.240 e. The number of amides is 1. The van der Waals surface area contributed by atoms with Gasteiger partial charge in [-0.05, 0) is 19.1 Å². The molecule has 0 saturated carbocycles. The predicted octanol–water partition coefficient (Wildman–Crippen LogP) is 1.17. The van der Waals surface area contributed by atoms with Crippen LogP contribution in [0.2, 0.25) is 5.02 Å². The maximum absolute atomic E-state index is 11.9. The first kappa shape index (κ1) is 14.3. The summed E-state index contributed by atoms with van der Waals surface area (Å²) in [6.07, 6.45) is 2.95. The van der Waals surface area contributed by atoms with Crippen molar-refractivity contribution < 1.29 is 4.79 Å². The molecule has 0 saturated heterocycles. The van der Waals surface area contributed by atoms with Gasteiger partial charge >= 0.3 is 0 Å². The van der Waals surface area contributed by atoms with E-state index < -0.39 is 0 Å². The molecule has 2 rings (SSSR count). The maximum Gasteiger partial charge on any atom is 0.240 e. The zero-order chi connectivity index (χ0) is 14.5. The zero-order valence-electron chi connectivity index (χ0n) is 11.2. The SMILES string of the molecule is CC(NC(=O)CN(C)c1ccc(Cl)cn1)c1ncn[nH]1. The van der Waals surface area contributed by atoms with Crippen molar-refractivity contribution in [3.05, 3.63) is 35.5 Å². The average Bonchev–Trinajstić information content (AvgIpc) is 2.93. The summed E-state index contributed by atoms with van der Waals surface area (Å²) in [7, 11) is 1.79. The highest BCUT2D eigenvalue weighted by Gasteiger charge is 2.14. The fraction of sp³-hybridized carbons (Fsp3) is 0.333. The van der Waals surface area contributed by atoms with E-state index in [1.807, 2.05) is 6.92 Å². The summed E-state index contributed by atoms with van der Waals surface area (Å²) in [5, 5.41) is 9.85. The number of likely N-dealkylation sites (N-methyl/N-ethyl adjacent to an activating group) is 1. The molecule has 1 unspecified atom stereocenters. The Morgan fingerprint density at radius 3 is 2.90 bits per heavy atom. The third-order valence-corrected chi connectivity index (χ3v) is 2.93. The second-order valence-corrected chi connectivity index (χ2v) is 4.79. The van der Waals surface area contributed by atoms with E-state index in [1.165, 1.54) is 6.33 Å². The molecular formula is C12H15ClN6O. The van der Waals surface area contributed by atoms with Crippen molar-refractivity contribution in [2.75, 3.05) is 18.5 Å². The van der Waals surface area contributed by atoms with Crippen LogP contribution < -0.4 is 10.2 Å². The lowest BCUT2D eigenvalue weighted by Crippen LogP contribution is -2.37. The second-order valence-electron chi connectivity index (χ2n) is 4.35. The van der Waals surface area contributed by atoms with E-state index in [0.717, 1.165) is 0 Å². The third kappa shape index (κ3) is 3.67. The highest BCUT2D eigenvalue weighted by atomic mass is 35.5. The van der Waals surface area contributed by atoms with E-state index in [4.69, 9.17) is 11.6 Å². The molecule has 0 bridgehead atoms. The molecule has 8 heteroatoms. The largest absolute Gasteiger partial charge is 0.350 e. The molecule has 0 spiro atoms. The van der Waals surface area contributed by atoms with Crippen molar-refractivity contribution in [2.24, 2.45) is 0 Å². The number of aromatic nitrogens is 4. The Bertz CT molecular complexity index is 556. The van der Waals surface area contributed by atoms with Crippen molar-refractivity contribution in [1.29, 1.82) is 0 Å². The molecule has 20 heavy (non-hydrogen) atoms. The van der Waals surface area contributed by atoms with Gasteiger partial charge in [-0.25, -0.2) is 9.97 Å². The molecule has 7 nitrogen and oxygen atoms in total. The molecule has 2 aromatic rings. The summed E-state index contributed by atoms with van der Waals surface area (Å²) in [5.74, 6) is 1.16. The Hall–Kier alpha value is -2.15. The van der Waals surface area contributed by atoms with Crippen LogP contribution in [0.4, 0.5) is 5.82 Å². The van der Waals surface area contributed by atoms with Gasteiger partial charge in [-0.2, -0.15) is 5.10 Å². The van der Waals surface area contributed by atoms with E-state index in [1.54, 1.807) is 30.3 Å². The third-order valence-electron chi connectivity index (χ3n) is 2.70. The average molecular weight is 295 g/mol. The van der Waals surface area contributed by atoms with Crippen LogP contribution in [0.15, 0.2) is 24.7 Å². The van der Waals surface area contributed by atoms with Crippen LogP contribution >= 0.6 is 11.6 Å². The molecule has 106 valence electrons. The Labute approximate surface area is 121 Å². The van der Waals surface area contributed by atoms with E-state index >= 15 is 0 Å². The van der Waals surface area contributed by atoms with Crippen LogP contribution in [-0.2, 0) is 4.79 Å². The van der Waals surface area contributed by atoms with Gasteiger partial charge in [0.2, 0.25) is 5.91 Å². The van der Waals surface area contributed by atoms with Crippen LogP contribution in [-0.4, -0.2) is 39.7 Å². The molecule has 2 heterocycles. The summed E-state index contributed by atoms with van der Waals surface area (Å²) in [5.41, 5.74) is 0. The van der Waals surface area contributed by atoms with E-state index in [-0.39, 0.29) is 18.5 Å². The maximum atomic E-state index is 11.9. The molecule has 0 radical (unpaired) electrons. The molecule has 1 atom stereocenters. The number of halogens is 1. The van der Waals surface area contributed by atoms with Gasteiger partial charge < -0.3 is 10.2 Å². The number of nitrogens with zero attached hydrogens (tertiary/aromatic N) is 4. The number of pyridine rings is 1. The van der Waals surface area contributed by atoms with Crippen molar-refractivity contribution in [1.82, 2.24) is 25.5 Å². The Balaban J connectivity index is 1.89. The normalized spacial score (nSPS) is 11.9. The minimum absolute atomic E-state index is 0.131. The topological polar surface area (TPSA) is 86.8 Å². The number of hydrogen-bond acceptors (Lipinski definition) is 5. The van der Waals surface area contributed by atoms with Crippen molar-refractivity contribution in [3.63, 3.8) is 0 Å². The molecule has 0 fully saturated rings. The first-order valence-corrected chi connectivity index (χ1v) is 6.41. The highest BCUT2D eigenvalue weighted by Crippen LogP contribution is 2.12. The Morgan fingerprint density at radius 1 is 1.50 bits per heavy atom. The molecule has 2 N–H and O–H groups in total. The summed E-state index contributed by atoms with van der Waals surface area (Å²) in [6.45, 7) is 2.02. The minimum atomic E-state index is -0.225. The van der Waals surface area contributed by atoms with Crippen LogP contribution in [0, 0.1) is 0 Å². The summed E-state index contributed by atoms with van der Waals surface area (Å²) >= 11 is 5.77.